The number of benzene rings is 1. The summed E-state index contributed by atoms with van der Waals surface area (Å²) in [5.74, 6) is 0.0408. The predicted molar refractivity (Wildman–Crippen MR) is 131 cm³/mol. The number of amides is 3. The summed E-state index contributed by atoms with van der Waals surface area (Å²) in [6, 6.07) is 7.24. The third-order valence-electron chi connectivity index (χ3n) is 6.62. The third-order valence-corrected chi connectivity index (χ3v) is 7.93. The maximum atomic E-state index is 12.4. The Kier molecular flexibility index (Phi) is 8.47. The zero-order chi connectivity index (χ0) is 22.7. The molecule has 1 N–H and O–H groups in total. The minimum Gasteiger partial charge on any atom is -0.369 e. The van der Waals surface area contributed by atoms with E-state index in [1.54, 1.807) is 17.9 Å². The van der Waals surface area contributed by atoms with Crippen molar-refractivity contribution < 1.29 is 18.0 Å². The Morgan fingerprint density at radius 3 is 2.45 bits per heavy atom. The lowest BCUT2D eigenvalue weighted by molar-refractivity contribution is -0.128. The van der Waals surface area contributed by atoms with E-state index in [0.29, 0.717) is 18.8 Å². The maximum Gasteiger partial charge on any atom is 0.327 e. The normalized spacial score (nSPS) is 21.4. The van der Waals surface area contributed by atoms with Crippen LogP contribution in [0.25, 0.3) is 0 Å². The van der Waals surface area contributed by atoms with Crippen molar-refractivity contribution in [2.24, 2.45) is 0 Å². The van der Waals surface area contributed by atoms with E-state index in [-0.39, 0.29) is 36.1 Å². The van der Waals surface area contributed by atoms with Crippen molar-refractivity contribution in [3.8, 4) is 0 Å². The lowest BCUT2D eigenvalue weighted by Gasteiger charge is -2.36. The van der Waals surface area contributed by atoms with Crippen molar-refractivity contribution >= 4 is 45.7 Å². The van der Waals surface area contributed by atoms with Crippen LogP contribution in [0.4, 0.5) is 16.2 Å². The van der Waals surface area contributed by atoms with Crippen LogP contribution in [0.15, 0.2) is 24.3 Å². The van der Waals surface area contributed by atoms with Gasteiger partial charge in [0.05, 0.1) is 11.4 Å². The number of imide groups is 1. The van der Waals surface area contributed by atoms with E-state index in [1.807, 2.05) is 18.2 Å². The van der Waals surface area contributed by atoms with Crippen LogP contribution in [0.3, 0.4) is 0 Å². The minimum absolute atomic E-state index is 0. The molecular weight excluding hydrogens is 466 g/mol. The highest BCUT2D eigenvalue weighted by Gasteiger charge is 2.46. The summed E-state index contributed by atoms with van der Waals surface area (Å²) >= 11 is 0. The minimum atomic E-state index is -3.28. The fraction of sp³-hybridized carbons (Fsp3) is 0.636. The fourth-order valence-electron chi connectivity index (χ4n) is 4.74. The smallest absolute Gasteiger partial charge is 0.327 e. The van der Waals surface area contributed by atoms with Gasteiger partial charge in [0.15, 0.2) is 0 Å². The third kappa shape index (κ3) is 5.91. The molecule has 3 heterocycles. The van der Waals surface area contributed by atoms with Crippen LogP contribution in [0.1, 0.15) is 32.6 Å². The Balaban J connectivity index is 0.00000306. The highest BCUT2D eigenvalue weighted by Crippen LogP contribution is 2.27. The molecule has 1 aromatic carbocycles. The molecule has 0 radical (unpaired) electrons. The van der Waals surface area contributed by atoms with E-state index in [2.05, 4.69) is 14.5 Å². The van der Waals surface area contributed by atoms with E-state index in [4.69, 9.17) is 0 Å². The first-order valence-corrected chi connectivity index (χ1v) is 13.2. The lowest BCUT2D eigenvalue weighted by Crippen LogP contribution is -2.46. The van der Waals surface area contributed by atoms with Crippen LogP contribution in [0, 0.1) is 0 Å². The number of urea groups is 1. The summed E-state index contributed by atoms with van der Waals surface area (Å²) < 4.78 is 26.3. The summed E-state index contributed by atoms with van der Waals surface area (Å²) in [4.78, 5) is 32.6. The zero-order valence-corrected chi connectivity index (χ0v) is 20.7. The molecule has 0 bridgehead atoms. The van der Waals surface area contributed by atoms with Crippen molar-refractivity contribution in [3.63, 3.8) is 0 Å². The molecule has 3 aliphatic heterocycles. The van der Waals surface area contributed by atoms with Gasteiger partial charge in [-0.15, -0.1) is 12.4 Å². The number of nitrogens with zero attached hydrogens (tertiary/aromatic N) is 4. The molecule has 3 saturated heterocycles. The maximum absolute atomic E-state index is 12.4. The summed E-state index contributed by atoms with van der Waals surface area (Å²) in [5.41, 5.74) is 1.62. The number of hydrogen-bond acceptors (Lipinski definition) is 6. The van der Waals surface area contributed by atoms with Gasteiger partial charge in [-0.25, -0.2) is 13.2 Å². The van der Waals surface area contributed by atoms with Gasteiger partial charge in [0.1, 0.15) is 6.04 Å². The van der Waals surface area contributed by atoms with Crippen molar-refractivity contribution in [1.82, 2.24) is 14.7 Å². The quantitative estimate of drug-likeness (QED) is 0.413. The molecule has 3 fully saturated rings. The highest BCUT2D eigenvalue weighted by molar-refractivity contribution is 7.92. The first-order chi connectivity index (χ1) is 15.4. The first-order valence-electron chi connectivity index (χ1n) is 11.6. The van der Waals surface area contributed by atoms with Gasteiger partial charge in [0.25, 0.3) is 5.91 Å². The van der Waals surface area contributed by atoms with Gasteiger partial charge in [0.2, 0.25) is 10.0 Å². The van der Waals surface area contributed by atoms with Crippen molar-refractivity contribution in [2.75, 3.05) is 61.2 Å². The fourth-order valence-corrected chi connectivity index (χ4v) is 5.37. The van der Waals surface area contributed by atoms with E-state index < -0.39 is 10.0 Å². The number of halogens is 1. The molecule has 0 saturated carbocycles. The second-order valence-electron chi connectivity index (χ2n) is 8.72. The van der Waals surface area contributed by atoms with Gasteiger partial charge >= 0.3 is 6.03 Å². The summed E-state index contributed by atoms with van der Waals surface area (Å²) in [6.07, 6.45) is 3.52. The molecule has 184 valence electrons. The lowest BCUT2D eigenvalue weighted by atomic mass is 10.2. The number of nitrogens with one attached hydrogen (secondary N) is 1. The number of hydrogen-bond donors (Lipinski definition) is 1. The molecular formula is C22H34ClN5O4S. The molecule has 1 unspecified atom stereocenters. The van der Waals surface area contributed by atoms with Crippen LogP contribution in [0.5, 0.6) is 0 Å². The number of carbonyl (C=O) groups excluding carboxylic acids is 2. The molecule has 0 spiro atoms. The number of piperazine rings is 1. The number of carbonyl (C=O) groups is 2. The van der Waals surface area contributed by atoms with Crippen LogP contribution in [-0.2, 0) is 14.8 Å². The van der Waals surface area contributed by atoms with Gasteiger partial charge in [-0.1, -0.05) is 6.07 Å². The molecule has 0 aromatic heterocycles. The number of fused-ring (bicyclic) bond motifs is 1. The summed E-state index contributed by atoms with van der Waals surface area (Å²) in [5, 5.41) is 0. The zero-order valence-electron chi connectivity index (χ0n) is 19.1. The Morgan fingerprint density at radius 2 is 1.76 bits per heavy atom. The first kappa shape index (κ1) is 25.6. The SMILES string of the molecule is CCS(=O)(=O)Nc1cccc(N2CCN(CCCCN3C(=O)C4CCCN4C3=O)CC2)c1.Cl. The monoisotopic (exact) mass is 499 g/mol. The largest absolute Gasteiger partial charge is 0.369 e. The molecule has 3 aliphatic rings. The molecule has 9 nitrogen and oxygen atoms in total. The Bertz CT molecular complexity index is 930. The number of sulfonamides is 1. The number of anilines is 2. The molecule has 1 aromatic rings. The van der Waals surface area contributed by atoms with Crippen molar-refractivity contribution in [3.05, 3.63) is 24.3 Å². The number of unbranched alkanes of at least 4 members (excludes halogenated alkanes) is 1. The average Bonchev–Trinajstić information content (AvgIpc) is 3.36. The molecule has 3 amide bonds. The Hall–Kier alpha value is -2.04. The molecule has 0 aliphatic carbocycles. The van der Waals surface area contributed by atoms with Gasteiger partial charge in [-0.2, -0.15) is 0 Å². The van der Waals surface area contributed by atoms with E-state index >= 15 is 0 Å². The summed E-state index contributed by atoms with van der Waals surface area (Å²) in [6.45, 7) is 7.43. The molecule has 33 heavy (non-hydrogen) atoms. The van der Waals surface area contributed by atoms with Crippen LogP contribution in [-0.4, -0.2) is 92.7 Å². The topological polar surface area (TPSA) is 93.3 Å². The van der Waals surface area contributed by atoms with Crippen LogP contribution < -0.4 is 9.62 Å². The molecule has 4 rings (SSSR count). The van der Waals surface area contributed by atoms with Gasteiger partial charge < -0.3 is 9.80 Å². The van der Waals surface area contributed by atoms with Gasteiger partial charge in [0, 0.05) is 45.0 Å². The van der Waals surface area contributed by atoms with Crippen molar-refractivity contribution in [2.45, 2.75) is 38.6 Å². The molecule has 1 atom stereocenters. The van der Waals surface area contributed by atoms with Crippen LogP contribution in [0.2, 0.25) is 0 Å². The van der Waals surface area contributed by atoms with E-state index in [9.17, 15) is 18.0 Å². The second-order valence-corrected chi connectivity index (χ2v) is 10.7. The standard InChI is InChI=1S/C22H33N5O4S.ClH/c1-2-32(30,31)23-18-7-5-8-19(17-18)25-15-13-24(14-16-25)10-3-4-11-27-21(28)20-9-6-12-26(20)22(27)29;/h5,7-8,17,20,23H,2-4,6,9-16H2,1H3;1H. The Morgan fingerprint density at radius 1 is 1.03 bits per heavy atom. The second kappa shape index (κ2) is 10.9. The van der Waals surface area contributed by atoms with Crippen LogP contribution >= 0.6 is 12.4 Å². The predicted octanol–water partition coefficient (Wildman–Crippen LogP) is 2.20. The highest BCUT2D eigenvalue weighted by atomic mass is 35.5. The average molecular weight is 500 g/mol. The Labute approximate surface area is 202 Å². The van der Waals surface area contributed by atoms with Crippen molar-refractivity contribution in [1.29, 1.82) is 0 Å². The van der Waals surface area contributed by atoms with E-state index in [1.165, 1.54) is 4.90 Å². The molecule has 11 heteroatoms. The van der Waals surface area contributed by atoms with E-state index in [0.717, 1.165) is 64.1 Å². The van der Waals surface area contributed by atoms with Gasteiger partial charge in [-0.3, -0.25) is 19.3 Å². The van der Waals surface area contributed by atoms with Gasteiger partial charge in [-0.05, 0) is 57.4 Å². The summed E-state index contributed by atoms with van der Waals surface area (Å²) in [7, 11) is -3.28. The number of rotatable bonds is 9.